The number of allylic oxidation sites excluding steroid dienone is 6. The first-order valence-electron chi connectivity index (χ1n) is 12.5. The van der Waals surface area contributed by atoms with E-state index in [1.54, 1.807) is 0 Å². The minimum Gasteiger partial charge on any atom is -0.462 e. The van der Waals surface area contributed by atoms with Gasteiger partial charge in [0.1, 0.15) is 6.61 Å². The third-order valence-electron chi connectivity index (χ3n) is 4.92. The summed E-state index contributed by atoms with van der Waals surface area (Å²) >= 11 is 0. The summed E-state index contributed by atoms with van der Waals surface area (Å²) in [5.41, 5.74) is 0. The Morgan fingerprint density at radius 2 is 1.34 bits per heavy atom. The molecule has 5 heteroatoms. The molecule has 0 fully saturated rings. The zero-order valence-electron chi connectivity index (χ0n) is 20.4. The van der Waals surface area contributed by atoms with Crippen LogP contribution in [0.4, 0.5) is 0 Å². The summed E-state index contributed by atoms with van der Waals surface area (Å²) < 4.78 is 10.2. The minimum atomic E-state index is -0.767. The van der Waals surface area contributed by atoms with Crippen LogP contribution in [0.3, 0.4) is 0 Å². The number of ether oxygens (including phenoxy) is 2. The first kappa shape index (κ1) is 30.1. The molecule has 0 bridgehead atoms. The SMILES string of the molecule is CC/C=C\C/C=C\C/C=C\CCCCCCCCCC(=O)OC(CO)COC(=O)CCC. The highest BCUT2D eigenvalue weighted by Gasteiger charge is 2.15. The van der Waals surface area contributed by atoms with Crippen molar-refractivity contribution in [3.05, 3.63) is 36.5 Å². The average molecular weight is 451 g/mol. The number of aliphatic hydroxyl groups excluding tert-OH is 1. The van der Waals surface area contributed by atoms with E-state index in [1.165, 1.54) is 25.7 Å². The van der Waals surface area contributed by atoms with Gasteiger partial charge in [-0.15, -0.1) is 0 Å². The van der Waals surface area contributed by atoms with Crippen LogP contribution in [0.2, 0.25) is 0 Å². The molecule has 0 aliphatic carbocycles. The van der Waals surface area contributed by atoms with E-state index in [4.69, 9.17) is 9.47 Å². The van der Waals surface area contributed by atoms with Gasteiger partial charge in [0.05, 0.1) is 6.61 Å². The van der Waals surface area contributed by atoms with Gasteiger partial charge in [-0.05, 0) is 44.9 Å². The zero-order valence-corrected chi connectivity index (χ0v) is 20.4. The van der Waals surface area contributed by atoms with Crippen molar-refractivity contribution in [1.29, 1.82) is 0 Å². The maximum Gasteiger partial charge on any atom is 0.306 e. The molecule has 0 saturated heterocycles. The number of rotatable bonds is 21. The molecule has 32 heavy (non-hydrogen) atoms. The molecule has 1 unspecified atom stereocenters. The van der Waals surface area contributed by atoms with Gasteiger partial charge in [-0.25, -0.2) is 0 Å². The lowest BCUT2D eigenvalue weighted by molar-refractivity contribution is -0.161. The number of esters is 2. The second-order valence-corrected chi connectivity index (χ2v) is 8.03. The lowest BCUT2D eigenvalue weighted by Crippen LogP contribution is -2.28. The van der Waals surface area contributed by atoms with E-state index in [0.717, 1.165) is 44.9 Å². The highest BCUT2D eigenvalue weighted by Crippen LogP contribution is 2.11. The molecule has 1 atom stereocenters. The maximum atomic E-state index is 11.9. The standard InChI is InChI=1S/C27H46O5/c1-3-5-6-7-8-9-10-11-12-13-14-15-16-17-18-19-20-22-27(30)32-25(23-28)24-31-26(29)21-4-2/h5-6,8-9,11-12,25,28H,3-4,7,10,13-24H2,1-2H3/b6-5-,9-8-,12-11-. The Morgan fingerprint density at radius 1 is 0.750 bits per heavy atom. The Hall–Kier alpha value is -1.88. The third-order valence-corrected chi connectivity index (χ3v) is 4.92. The molecule has 0 heterocycles. The van der Waals surface area contributed by atoms with E-state index in [2.05, 4.69) is 43.4 Å². The molecule has 0 aromatic carbocycles. The molecule has 1 N–H and O–H groups in total. The van der Waals surface area contributed by atoms with Gasteiger partial charge in [0.2, 0.25) is 0 Å². The zero-order chi connectivity index (χ0) is 23.7. The Labute approximate surface area is 196 Å². The lowest BCUT2D eigenvalue weighted by atomic mass is 10.1. The molecule has 0 aliphatic rings. The van der Waals surface area contributed by atoms with Crippen molar-refractivity contribution in [1.82, 2.24) is 0 Å². The van der Waals surface area contributed by atoms with Gasteiger partial charge < -0.3 is 14.6 Å². The van der Waals surface area contributed by atoms with Gasteiger partial charge in [-0.3, -0.25) is 9.59 Å². The molecular weight excluding hydrogens is 404 g/mol. The first-order chi connectivity index (χ1) is 15.6. The molecule has 184 valence electrons. The predicted octanol–water partition coefficient (Wildman–Crippen LogP) is 6.60. The molecule has 0 aromatic rings. The number of carbonyl (C=O) groups excluding carboxylic acids is 2. The molecule has 0 saturated carbocycles. The van der Waals surface area contributed by atoms with Crippen LogP contribution in [-0.4, -0.2) is 36.4 Å². The van der Waals surface area contributed by atoms with Crippen molar-refractivity contribution in [3.8, 4) is 0 Å². The van der Waals surface area contributed by atoms with Crippen LogP contribution < -0.4 is 0 Å². The molecule has 0 spiro atoms. The fourth-order valence-electron chi connectivity index (χ4n) is 3.07. The van der Waals surface area contributed by atoms with Crippen molar-refractivity contribution >= 4 is 11.9 Å². The second-order valence-electron chi connectivity index (χ2n) is 8.03. The van der Waals surface area contributed by atoms with Crippen LogP contribution in [0.25, 0.3) is 0 Å². The van der Waals surface area contributed by atoms with E-state index >= 15 is 0 Å². The maximum absolute atomic E-state index is 11.9. The lowest BCUT2D eigenvalue weighted by Gasteiger charge is -2.15. The summed E-state index contributed by atoms with van der Waals surface area (Å²) in [6.07, 6.45) is 26.1. The first-order valence-corrected chi connectivity index (χ1v) is 12.5. The summed E-state index contributed by atoms with van der Waals surface area (Å²) in [7, 11) is 0. The fourth-order valence-corrected chi connectivity index (χ4v) is 3.07. The number of unbranched alkanes of at least 4 members (excludes halogenated alkanes) is 7. The topological polar surface area (TPSA) is 72.8 Å². The highest BCUT2D eigenvalue weighted by molar-refractivity contribution is 5.70. The number of hydrogen-bond donors (Lipinski definition) is 1. The van der Waals surface area contributed by atoms with Gasteiger partial charge in [0, 0.05) is 12.8 Å². The van der Waals surface area contributed by atoms with Crippen LogP contribution in [0, 0.1) is 0 Å². The van der Waals surface area contributed by atoms with Crippen molar-refractivity contribution in [2.45, 2.75) is 110 Å². The van der Waals surface area contributed by atoms with E-state index < -0.39 is 6.10 Å². The number of hydrogen-bond acceptors (Lipinski definition) is 5. The quantitative estimate of drug-likeness (QED) is 0.121. The summed E-state index contributed by atoms with van der Waals surface area (Å²) in [6, 6.07) is 0. The molecule has 0 aliphatic heterocycles. The second kappa shape index (κ2) is 23.8. The van der Waals surface area contributed by atoms with Crippen molar-refractivity contribution in [2.24, 2.45) is 0 Å². The Kier molecular flexibility index (Phi) is 22.4. The predicted molar refractivity (Wildman–Crippen MR) is 131 cm³/mol. The highest BCUT2D eigenvalue weighted by atomic mass is 16.6. The smallest absolute Gasteiger partial charge is 0.306 e. The molecule has 0 aromatic heterocycles. The van der Waals surface area contributed by atoms with Crippen LogP contribution in [-0.2, 0) is 19.1 Å². The van der Waals surface area contributed by atoms with Crippen molar-refractivity contribution in [3.63, 3.8) is 0 Å². The van der Waals surface area contributed by atoms with Gasteiger partial charge in [-0.2, -0.15) is 0 Å². The van der Waals surface area contributed by atoms with E-state index in [9.17, 15) is 14.7 Å². The Bertz CT molecular complexity index is 536. The van der Waals surface area contributed by atoms with Crippen molar-refractivity contribution < 1.29 is 24.2 Å². The fraction of sp³-hybridized carbons (Fsp3) is 0.704. The van der Waals surface area contributed by atoms with E-state index in [0.29, 0.717) is 19.3 Å². The van der Waals surface area contributed by atoms with Gasteiger partial charge in [-0.1, -0.05) is 82.4 Å². The van der Waals surface area contributed by atoms with Crippen LogP contribution in [0.1, 0.15) is 104 Å². The third kappa shape index (κ3) is 21.4. The summed E-state index contributed by atoms with van der Waals surface area (Å²) in [5, 5.41) is 9.26. The summed E-state index contributed by atoms with van der Waals surface area (Å²) in [5.74, 6) is -0.671. The largest absolute Gasteiger partial charge is 0.462 e. The average Bonchev–Trinajstić information content (AvgIpc) is 2.78. The molecule has 0 radical (unpaired) electrons. The summed E-state index contributed by atoms with van der Waals surface area (Å²) in [6.45, 7) is 3.62. The number of carbonyl (C=O) groups is 2. The van der Waals surface area contributed by atoms with Crippen LogP contribution >= 0.6 is 0 Å². The Balaban J connectivity index is 3.53. The van der Waals surface area contributed by atoms with Crippen molar-refractivity contribution in [2.75, 3.05) is 13.2 Å². The minimum absolute atomic E-state index is 0.0798. The molecule has 0 rings (SSSR count). The van der Waals surface area contributed by atoms with E-state index in [1.807, 2.05) is 6.92 Å². The van der Waals surface area contributed by atoms with Gasteiger partial charge in [0.25, 0.3) is 0 Å². The Morgan fingerprint density at radius 3 is 1.97 bits per heavy atom. The summed E-state index contributed by atoms with van der Waals surface area (Å²) in [4.78, 5) is 23.2. The van der Waals surface area contributed by atoms with Gasteiger partial charge in [0.15, 0.2) is 6.10 Å². The monoisotopic (exact) mass is 450 g/mol. The van der Waals surface area contributed by atoms with Gasteiger partial charge >= 0.3 is 11.9 Å². The van der Waals surface area contributed by atoms with Crippen LogP contribution in [0.5, 0.6) is 0 Å². The van der Waals surface area contributed by atoms with E-state index in [-0.39, 0.29) is 25.2 Å². The molecule has 5 nitrogen and oxygen atoms in total. The molecule has 0 amide bonds. The number of aliphatic hydroxyl groups is 1. The normalized spacial score (nSPS) is 12.7. The van der Waals surface area contributed by atoms with Crippen LogP contribution in [0.15, 0.2) is 36.5 Å². The molecular formula is C27H46O5.